The normalized spacial score (nSPS) is 20.9. The lowest BCUT2D eigenvalue weighted by Gasteiger charge is -2.38. The van der Waals surface area contributed by atoms with Crippen molar-refractivity contribution < 1.29 is 5.21 Å². The van der Waals surface area contributed by atoms with Gasteiger partial charge in [0.1, 0.15) is 11.6 Å². The summed E-state index contributed by atoms with van der Waals surface area (Å²) in [6, 6.07) is 1.63. The van der Waals surface area contributed by atoms with Crippen LogP contribution in [0.2, 0.25) is 0 Å². The molecule has 6 nitrogen and oxygen atoms in total. The topological polar surface area (TPSA) is 91.2 Å². The molecule has 0 saturated carbocycles. The summed E-state index contributed by atoms with van der Waals surface area (Å²) in [4.78, 5) is 6.24. The molecule has 2 saturated heterocycles. The van der Waals surface area contributed by atoms with Crippen LogP contribution in [0.4, 0.5) is 11.6 Å². The molecule has 0 radical (unpaired) electrons. The Morgan fingerprint density at radius 1 is 1.30 bits per heavy atom. The maximum absolute atomic E-state index is 9.41. The van der Waals surface area contributed by atoms with Gasteiger partial charge in [0.25, 0.3) is 5.62 Å². The molecule has 0 amide bonds. The van der Waals surface area contributed by atoms with Gasteiger partial charge in [0.15, 0.2) is 0 Å². The number of nitrogens with two attached hydrogens (primary N) is 1. The monoisotopic (exact) mass is 335 g/mol. The van der Waals surface area contributed by atoms with Gasteiger partial charge in [-0.05, 0) is 12.8 Å². The predicted molar refractivity (Wildman–Crippen MR) is 86.0 cm³/mol. The number of thioether (sulfide) groups is 2. The van der Waals surface area contributed by atoms with E-state index in [9.17, 15) is 5.21 Å². The quantitative estimate of drug-likeness (QED) is 0.672. The van der Waals surface area contributed by atoms with Crippen molar-refractivity contribution in [2.45, 2.75) is 16.9 Å². The Balaban J connectivity index is 0.00000147. The highest BCUT2D eigenvalue weighted by molar-refractivity contribution is 8.21. The second-order valence-corrected chi connectivity index (χ2v) is 7.98. The number of hydrogen-bond acceptors (Lipinski definition) is 7. The maximum atomic E-state index is 9.41. The molecule has 112 valence electrons. The number of hydrogen-bond donors (Lipinski definition) is 3. The summed E-state index contributed by atoms with van der Waals surface area (Å²) < 4.78 is 0.995. The van der Waals surface area contributed by atoms with Crippen LogP contribution < -0.4 is 16.3 Å². The molecule has 4 N–H and O–H groups in total. The van der Waals surface area contributed by atoms with Gasteiger partial charge >= 0.3 is 0 Å². The first-order valence-corrected chi connectivity index (χ1v) is 8.23. The molecule has 0 unspecified atom stereocenters. The van der Waals surface area contributed by atoms with E-state index in [1.54, 1.807) is 6.07 Å². The minimum absolute atomic E-state index is 0. The van der Waals surface area contributed by atoms with Crippen LogP contribution in [0.25, 0.3) is 0 Å². The van der Waals surface area contributed by atoms with E-state index < -0.39 is 0 Å². The van der Waals surface area contributed by atoms with E-state index >= 15 is 0 Å². The molecule has 2 aliphatic heterocycles. The zero-order valence-corrected chi connectivity index (χ0v) is 13.4. The van der Waals surface area contributed by atoms with Gasteiger partial charge < -0.3 is 15.8 Å². The summed E-state index contributed by atoms with van der Waals surface area (Å²) >= 11 is 4.16. The van der Waals surface area contributed by atoms with Crippen molar-refractivity contribution in [3.05, 3.63) is 11.7 Å². The molecule has 2 aliphatic rings. The van der Waals surface area contributed by atoms with Crippen molar-refractivity contribution in [1.29, 1.82) is 5.41 Å². The highest BCUT2D eigenvalue weighted by Gasteiger charge is 2.38. The van der Waals surface area contributed by atoms with E-state index in [1.165, 1.54) is 11.5 Å². The van der Waals surface area contributed by atoms with Gasteiger partial charge in [-0.1, -0.05) is 0 Å². The second-order valence-electron chi connectivity index (χ2n) is 4.77. The molecule has 1 spiro atoms. The number of piperidine rings is 1. The van der Waals surface area contributed by atoms with Crippen molar-refractivity contribution in [3.63, 3.8) is 0 Å². The van der Waals surface area contributed by atoms with Gasteiger partial charge in [-0.2, -0.15) is 4.98 Å². The lowest BCUT2D eigenvalue weighted by atomic mass is 10.1. The van der Waals surface area contributed by atoms with Crippen molar-refractivity contribution >= 4 is 47.6 Å². The highest BCUT2D eigenvalue weighted by Crippen LogP contribution is 2.50. The molecule has 1 aromatic rings. The third-order valence-electron chi connectivity index (χ3n) is 3.61. The Labute approximate surface area is 132 Å². The first kappa shape index (κ1) is 15.7. The van der Waals surface area contributed by atoms with Crippen molar-refractivity contribution in [2.75, 3.05) is 35.2 Å². The Bertz CT molecular complexity index is 536. The molecular weight excluding hydrogens is 318 g/mol. The number of aromatic nitrogens is 2. The van der Waals surface area contributed by atoms with Gasteiger partial charge in [0.2, 0.25) is 0 Å². The Morgan fingerprint density at radius 3 is 2.45 bits per heavy atom. The van der Waals surface area contributed by atoms with Crippen molar-refractivity contribution in [3.8, 4) is 0 Å². The first-order chi connectivity index (χ1) is 9.10. The van der Waals surface area contributed by atoms with Crippen LogP contribution in [-0.2, 0) is 0 Å². The van der Waals surface area contributed by atoms with E-state index in [-0.39, 0.29) is 23.8 Å². The largest absolute Gasteiger partial charge is 0.423 e. The zero-order valence-electron chi connectivity index (χ0n) is 10.9. The summed E-state index contributed by atoms with van der Waals surface area (Å²) in [7, 11) is 0. The van der Waals surface area contributed by atoms with E-state index in [2.05, 4.69) is 33.4 Å². The van der Waals surface area contributed by atoms with Crippen LogP contribution in [0.15, 0.2) is 6.07 Å². The second kappa shape index (κ2) is 5.95. The van der Waals surface area contributed by atoms with Gasteiger partial charge in [-0.25, -0.2) is 0 Å². The number of rotatable bonds is 1. The molecular formula is C11H18ClN5OS2. The minimum atomic E-state index is -0.222. The highest BCUT2D eigenvalue weighted by atomic mass is 35.5. The minimum Gasteiger partial charge on any atom is -0.423 e. The van der Waals surface area contributed by atoms with Crippen LogP contribution in [-0.4, -0.2) is 43.6 Å². The smallest absolute Gasteiger partial charge is 0.259 e. The molecule has 9 heteroatoms. The number of anilines is 2. The fourth-order valence-electron chi connectivity index (χ4n) is 2.53. The number of halogens is 1. The van der Waals surface area contributed by atoms with Crippen LogP contribution in [0.5, 0.6) is 0 Å². The fourth-order valence-corrected chi connectivity index (χ4v) is 5.71. The van der Waals surface area contributed by atoms with E-state index in [0.717, 1.165) is 25.9 Å². The summed E-state index contributed by atoms with van der Waals surface area (Å²) in [5.74, 6) is 3.35. The summed E-state index contributed by atoms with van der Waals surface area (Å²) in [5, 5.41) is 17.0. The van der Waals surface area contributed by atoms with Gasteiger partial charge in [0.05, 0.1) is 4.08 Å². The first-order valence-electron chi connectivity index (χ1n) is 6.26. The lowest BCUT2D eigenvalue weighted by molar-refractivity contribution is 0.171. The Hall–Kier alpha value is -0.730. The standard InChI is InChI=1S/C11H17N5OS2.ClH/c12-8-7-9(14-10(13)16(8)17)15-3-1-11(2-4-15)18-5-6-19-11;/h7,13,17H,1-6,12H2;1H. The van der Waals surface area contributed by atoms with Crippen LogP contribution >= 0.6 is 35.9 Å². The molecule has 3 rings (SSSR count). The average Bonchev–Trinajstić information content (AvgIpc) is 2.85. The van der Waals surface area contributed by atoms with Crippen molar-refractivity contribution in [2.24, 2.45) is 0 Å². The summed E-state index contributed by atoms with van der Waals surface area (Å²) in [5.41, 5.74) is 5.44. The Morgan fingerprint density at radius 2 is 1.90 bits per heavy atom. The predicted octanol–water partition coefficient (Wildman–Crippen LogP) is 1.38. The molecule has 0 aromatic carbocycles. The Kier molecular flexibility index (Phi) is 4.66. The summed E-state index contributed by atoms with van der Waals surface area (Å²) in [6.45, 7) is 1.86. The SMILES string of the molecule is Cl.N=c1nc(N2CCC3(CC2)SCCS3)cc(N)n1O. The molecule has 20 heavy (non-hydrogen) atoms. The number of nitrogen functional groups attached to an aromatic ring is 1. The van der Waals surface area contributed by atoms with Crippen LogP contribution in [0.3, 0.4) is 0 Å². The van der Waals surface area contributed by atoms with E-state index in [1.807, 2.05) is 0 Å². The third-order valence-corrected chi connectivity index (χ3v) is 7.26. The molecule has 0 bridgehead atoms. The third kappa shape index (κ3) is 2.82. The van der Waals surface area contributed by atoms with E-state index in [0.29, 0.717) is 14.6 Å². The van der Waals surface area contributed by atoms with Crippen molar-refractivity contribution in [1.82, 2.24) is 9.71 Å². The zero-order chi connectivity index (χ0) is 13.5. The van der Waals surface area contributed by atoms with Gasteiger partial charge in [0, 0.05) is 30.7 Å². The van der Waals surface area contributed by atoms with Crippen LogP contribution in [0, 0.1) is 5.41 Å². The summed E-state index contributed by atoms with van der Waals surface area (Å²) in [6.07, 6.45) is 2.26. The molecule has 3 heterocycles. The maximum Gasteiger partial charge on any atom is 0.259 e. The van der Waals surface area contributed by atoms with Crippen LogP contribution in [0.1, 0.15) is 12.8 Å². The number of nitrogens with zero attached hydrogens (tertiary/aromatic N) is 3. The fraction of sp³-hybridized carbons (Fsp3) is 0.636. The molecule has 1 aromatic heterocycles. The molecule has 0 atom stereocenters. The lowest BCUT2D eigenvalue weighted by Crippen LogP contribution is -2.41. The molecule has 2 fully saturated rings. The van der Waals surface area contributed by atoms with Gasteiger partial charge in [-0.15, -0.1) is 40.7 Å². The average molecular weight is 336 g/mol. The van der Waals surface area contributed by atoms with E-state index in [4.69, 9.17) is 11.1 Å². The van der Waals surface area contributed by atoms with Gasteiger partial charge in [-0.3, -0.25) is 5.41 Å². The number of nitrogens with one attached hydrogen (secondary N) is 1. The molecule has 0 aliphatic carbocycles.